The summed E-state index contributed by atoms with van der Waals surface area (Å²) < 4.78 is 11.8. The molecule has 1 unspecified atom stereocenters. The van der Waals surface area contributed by atoms with E-state index in [1.54, 1.807) is 23.8 Å². The Labute approximate surface area is 198 Å². The largest absolute Gasteiger partial charge is 0.497 e. The van der Waals surface area contributed by atoms with Crippen LogP contribution in [0.2, 0.25) is 0 Å². The lowest BCUT2D eigenvalue weighted by Gasteiger charge is -2.30. The highest BCUT2D eigenvalue weighted by molar-refractivity contribution is 7.99. The summed E-state index contributed by atoms with van der Waals surface area (Å²) >= 11 is 1.58. The van der Waals surface area contributed by atoms with Crippen molar-refractivity contribution < 1.29 is 14.3 Å². The van der Waals surface area contributed by atoms with Crippen molar-refractivity contribution in [3.05, 3.63) is 54.1 Å². The van der Waals surface area contributed by atoms with Crippen LogP contribution in [0.1, 0.15) is 51.3 Å². The molecule has 0 radical (unpaired) electrons. The number of para-hydroxylation sites is 1. The zero-order chi connectivity index (χ0) is 23.2. The fourth-order valence-electron chi connectivity index (χ4n) is 3.82. The number of rotatable bonds is 8. The Morgan fingerprint density at radius 1 is 1.12 bits per heavy atom. The lowest BCUT2D eigenvalue weighted by molar-refractivity contribution is -0.118. The second-order valence-electron chi connectivity index (χ2n) is 7.81. The number of ether oxygens (including phenoxy) is 2. The number of aromatic nitrogens is 3. The summed E-state index contributed by atoms with van der Waals surface area (Å²) in [6, 6.07) is 15.1. The van der Waals surface area contributed by atoms with Crippen LogP contribution in [0.4, 0.5) is 5.69 Å². The number of carbonyl (C=O) groups excluding carboxylic acids is 1. The predicted molar refractivity (Wildman–Crippen MR) is 130 cm³/mol. The zero-order valence-corrected chi connectivity index (χ0v) is 20.0. The molecule has 0 saturated carbocycles. The van der Waals surface area contributed by atoms with Gasteiger partial charge in [0.2, 0.25) is 23.2 Å². The molecule has 0 aliphatic carbocycles. The quantitative estimate of drug-likeness (QED) is 0.314. The van der Waals surface area contributed by atoms with Crippen LogP contribution in [0.5, 0.6) is 11.6 Å². The standard InChI is InChI=1S/C25H28N4O3S/c1-4-5-6-9-15-33-25-26-23-22(27-28-25)20-13-7-8-14-21(20)29(17(2)30)24(32-23)18-11-10-12-19(16-18)31-3/h7-8,10-14,16,24H,4-6,9,15H2,1-3H3. The van der Waals surface area contributed by atoms with E-state index in [1.807, 2.05) is 48.5 Å². The first kappa shape index (κ1) is 23.0. The first-order valence-electron chi connectivity index (χ1n) is 11.2. The van der Waals surface area contributed by atoms with Crippen LogP contribution >= 0.6 is 11.8 Å². The van der Waals surface area contributed by atoms with Gasteiger partial charge in [-0.2, -0.15) is 4.98 Å². The zero-order valence-electron chi connectivity index (χ0n) is 19.2. The molecule has 2 aromatic carbocycles. The third-order valence-corrected chi connectivity index (χ3v) is 6.38. The fourth-order valence-corrected chi connectivity index (χ4v) is 4.60. The molecule has 1 amide bonds. The molecule has 8 heteroatoms. The van der Waals surface area contributed by atoms with E-state index in [1.165, 1.54) is 26.2 Å². The summed E-state index contributed by atoms with van der Waals surface area (Å²) in [6.45, 7) is 3.73. The van der Waals surface area contributed by atoms with Crippen molar-refractivity contribution in [2.24, 2.45) is 0 Å². The van der Waals surface area contributed by atoms with Gasteiger partial charge in [0.25, 0.3) is 0 Å². The maximum Gasteiger partial charge on any atom is 0.247 e. The Kier molecular flexibility index (Phi) is 7.44. The number of thioether (sulfide) groups is 1. The Bertz CT molecular complexity index is 1120. The molecule has 7 nitrogen and oxygen atoms in total. The summed E-state index contributed by atoms with van der Waals surface area (Å²) in [6.07, 6.45) is 4.00. The topological polar surface area (TPSA) is 77.4 Å². The monoisotopic (exact) mass is 464 g/mol. The number of carbonyl (C=O) groups is 1. The Morgan fingerprint density at radius 3 is 2.76 bits per heavy atom. The van der Waals surface area contributed by atoms with E-state index in [4.69, 9.17) is 14.5 Å². The van der Waals surface area contributed by atoms with Gasteiger partial charge >= 0.3 is 0 Å². The normalized spacial score (nSPS) is 14.6. The SMILES string of the molecule is CCCCCCSc1nnc2c(n1)OC(c1cccc(OC)c1)N(C(C)=O)c1ccccc1-2. The van der Waals surface area contributed by atoms with Gasteiger partial charge in [-0.05, 0) is 24.6 Å². The van der Waals surface area contributed by atoms with Crippen LogP contribution in [0.15, 0.2) is 53.7 Å². The number of hydrogen-bond donors (Lipinski definition) is 0. The second-order valence-corrected chi connectivity index (χ2v) is 8.87. The highest BCUT2D eigenvalue weighted by atomic mass is 32.2. The van der Waals surface area contributed by atoms with Crippen LogP contribution in [0.3, 0.4) is 0 Å². The number of anilines is 1. The molecule has 0 bridgehead atoms. The molecule has 4 rings (SSSR count). The molecule has 2 heterocycles. The van der Waals surface area contributed by atoms with Crippen molar-refractivity contribution in [2.75, 3.05) is 17.8 Å². The average Bonchev–Trinajstić information content (AvgIpc) is 2.98. The number of hydrogen-bond acceptors (Lipinski definition) is 7. The van der Waals surface area contributed by atoms with Crippen molar-refractivity contribution >= 4 is 23.4 Å². The lowest BCUT2D eigenvalue weighted by atomic mass is 10.1. The van der Waals surface area contributed by atoms with Gasteiger partial charge in [0, 0.05) is 23.8 Å². The summed E-state index contributed by atoms with van der Waals surface area (Å²) in [5.74, 6) is 1.82. The number of amides is 1. The Morgan fingerprint density at radius 2 is 1.97 bits per heavy atom. The number of methoxy groups -OCH3 is 1. The molecule has 0 fully saturated rings. The van der Waals surface area contributed by atoms with Crippen molar-refractivity contribution in [3.63, 3.8) is 0 Å². The first-order chi connectivity index (χ1) is 16.1. The van der Waals surface area contributed by atoms with Crippen molar-refractivity contribution in [1.29, 1.82) is 0 Å². The van der Waals surface area contributed by atoms with Crippen LogP contribution in [-0.2, 0) is 4.79 Å². The molecule has 1 atom stereocenters. The minimum absolute atomic E-state index is 0.151. The molecule has 0 spiro atoms. The molecule has 1 aliphatic heterocycles. The third-order valence-electron chi connectivity index (χ3n) is 5.46. The first-order valence-corrected chi connectivity index (χ1v) is 12.2. The summed E-state index contributed by atoms with van der Waals surface area (Å²) in [7, 11) is 1.61. The van der Waals surface area contributed by atoms with E-state index >= 15 is 0 Å². The van der Waals surface area contributed by atoms with Gasteiger partial charge < -0.3 is 9.47 Å². The van der Waals surface area contributed by atoms with Gasteiger partial charge in [0.05, 0.1) is 12.8 Å². The highest BCUT2D eigenvalue weighted by Gasteiger charge is 2.34. The van der Waals surface area contributed by atoms with E-state index in [9.17, 15) is 4.79 Å². The van der Waals surface area contributed by atoms with Crippen LogP contribution in [0, 0.1) is 0 Å². The van der Waals surface area contributed by atoms with Crippen molar-refractivity contribution in [1.82, 2.24) is 15.2 Å². The van der Waals surface area contributed by atoms with E-state index in [0.29, 0.717) is 28.2 Å². The maximum absolute atomic E-state index is 12.9. The number of unbranched alkanes of at least 4 members (excludes halogenated alkanes) is 3. The van der Waals surface area contributed by atoms with Crippen LogP contribution in [0.25, 0.3) is 11.3 Å². The van der Waals surface area contributed by atoms with Crippen LogP contribution in [-0.4, -0.2) is 34.0 Å². The van der Waals surface area contributed by atoms with E-state index in [0.717, 1.165) is 23.3 Å². The second kappa shape index (κ2) is 10.7. The predicted octanol–water partition coefficient (Wildman–Crippen LogP) is 5.66. The van der Waals surface area contributed by atoms with Gasteiger partial charge in [0.15, 0.2) is 5.69 Å². The molecule has 0 saturated heterocycles. The van der Waals surface area contributed by atoms with Gasteiger partial charge in [-0.25, -0.2) is 0 Å². The Hall–Kier alpha value is -3.13. The van der Waals surface area contributed by atoms with Crippen molar-refractivity contribution in [3.8, 4) is 22.9 Å². The smallest absolute Gasteiger partial charge is 0.247 e. The average molecular weight is 465 g/mol. The minimum atomic E-state index is -0.723. The minimum Gasteiger partial charge on any atom is -0.497 e. The Balaban J connectivity index is 1.75. The fraction of sp³-hybridized carbons (Fsp3) is 0.360. The summed E-state index contributed by atoms with van der Waals surface area (Å²) in [5.41, 5.74) is 2.76. The number of benzene rings is 2. The maximum atomic E-state index is 12.9. The van der Waals surface area contributed by atoms with E-state index < -0.39 is 6.23 Å². The van der Waals surface area contributed by atoms with Gasteiger partial charge in [0.1, 0.15) is 5.75 Å². The molecule has 1 aromatic heterocycles. The van der Waals surface area contributed by atoms with E-state index in [2.05, 4.69) is 17.1 Å². The molecule has 33 heavy (non-hydrogen) atoms. The van der Waals surface area contributed by atoms with Gasteiger partial charge in [-0.1, -0.05) is 68.3 Å². The van der Waals surface area contributed by atoms with Crippen LogP contribution < -0.4 is 14.4 Å². The lowest BCUT2D eigenvalue weighted by Crippen LogP contribution is -2.36. The molecule has 1 aliphatic rings. The molecular weight excluding hydrogens is 436 g/mol. The van der Waals surface area contributed by atoms with Gasteiger partial charge in [-0.3, -0.25) is 9.69 Å². The molecule has 3 aromatic rings. The number of fused-ring (bicyclic) bond motifs is 3. The summed E-state index contributed by atoms with van der Waals surface area (Å²) in [5, 5.41) is 9.39. The molecule has 0 N–H and O–H groups in total. The van der Waals surface area contributed by atoms with Crippen molar-refractivity contribution in [2.45, 2.75) is 50.9 Å². The van der Waals surface area contributed by atoms with Gasteiger partial charge in [-0.15, -0.1) is 10.2 Å². The molecule has 172 valence electrons. The highest BCUT2D eigenvalue weighted by Crippen LogP contribution is 2.43. The summed E-state index contributed by atoms with van der Waals surface area (Å²) in [4.78, 5) is 19.2. The molecular formula is C25H28N4O3S. The third kappa shape index (κ3) is 5.11. The number of nitrogens with zero attached hydrogens (tertiary/aromatic N) is 4. The van der Waals surface area contributed by atoms with E-state index in [-0.39, 0.29) is 5.91 Å².